The normalized spacial score (nSPS) is 11.4. The van der Waals surface area contributed by atoms with Crippen LogP contribution < -0.4 is 16.0 Å². The fourth-order valence-electron chi connectivity index (χ4n) is 1.32. The van der Waals surface area contributed by atoms with Gasteiger partial charge in [0.2, 0.25) is 5.88 Å². The summed E-state index contributed by atoms with van der Waals surface area (Å²) in [4.78, 5) is 8.36. The second-order valence-corrected chi connectivity index (χ2v) is 4.65. The van der Waals surface area contributed by atoms with Crippen LogP contribution in [0, 0.1) is 0 Å². The predicted octanol–water partition coefficient (Wildman–Crippen LogP) is 1.10. The van der Waals surface area contributed by atoms with E-state index in [1.165, 1.54) is 0 Å². The highest BCUT2D eigenvalue weighted by Crippen LogP contribution is 2.16. The quantitative estimate of drug-likeness (QED) is 0.540. The first-order valence-corrected chi connectivity index (χ1v) is 6.02. The van der Waals surface area contributed by atoms with Gasteiger partial charge in [0.05, 0.1) is 12.2 Å². The lowest BCUT2D eigenvalue weighted by Gasteiger charge is -2.22. The van der Waals surface area contributed by atoms with Gasteiger partial charge in [-0.2, -0.15) is 4.98 Å². The lowest BCUT2D eigenvalue weighted by molar-refractivity contribution is 0.00503. The van der Waals surface area contributed by atoms with Crippen LogP contribution in [0.3, 0.4) is 0 Å². The van der Waals surface area contributed by atoms with E-state index in [1.807, 2.05) is 13.8 Å². The van der Waals surface area contributed by atoms with Crippen molar-refractivity contribution in [3.05, 3.63) is 11.9 Å². The number of aromatic nitrogens is 2. The molecule has 7 heteroatoms. The Morgan fingerprint density at radius 2 is 2.05 bits per heavy atom. The van der Waals surface area contributed by atoms with Crippen molar-refractivity contribution in [2.45, 2.75) is 32.5 Å². The van der Waals surface area contributed by atoms with Gasteiger partial charge in [-0.05, 0) is 13.8 Å². The predicted molar refractivity (Wildman–Crippen MR) is 71.8 cm³/mol. The van der Waals surface area contributed by atoms with Gasteiger partial charge in [0.15, 0.2) is 5.82 Å². The Balaban J connectivity index is 2.64. The third-order valence-electron chi connectivity index (χ3n) is 2.68. The largest absolute Gasteiger partial charge is 0.477 e. The Morgan fingerprint density at radius 1 is 1.32 bits per heavy atom. The number of nitrogens with zero attached hydrogens (tertiary/aromatic N) is 2. The molecule has 0 saturated carbocycles. The van der Waals surface area contributed by atoms with Gasteiger partial charge in [-0.3, -0.25) is 0 Å². The highest BCUT2D eigenvalue weighted by molar-refractivity contribution is 5.36. The van der Waals surface area contributed by atoms with E-state index >= 15 is 0 Å². The maximum atomic E-state index is 5.59. The second-order valence-electron chi connectivity index (χ2n) is 4.65. The molecule has 108 valence electrons. The number of hydrogen-bond acceptors (Lipinski definition) is 7. The summed E-state index contributed by atoms with van der Waals surface area (Å²) in [5.74, 6) is 6.81. The molecule has 0 spiro atoms. The smallest absolute Gasteiger partial charge is 0.218 e. The fourth-order valence-corrected chi connectivity index (χ4v) is 1.32. The van der Waals surface area contributed by atoms with Crippen molar-refractivity contribution in [1.82, 2.24) is 9.97 Å². The molecule has 0 fully saturated rings. The first kappa shape index (κ1) is 15.6. The first-order valence-electron chi connectivity index (χ1n) is 6.02. The van der Waals surface area contributed by atoms with Gasteiger partial charge < -0.3 is 19.6 Å². The van der Waals surface area contributed by atoms with Gasteiger partial charge in [-0.25, -0.2) is 10.8 Å². The van der Waals surface area contributed by atoms with Gasteiger partial charge in [0, 0.05) is 26.7 Å². The van der Waals surface area contributed by atoms with Crippen LogP contribution in [-0.2, 0) is 16.1 Å². The van der Waals surface area contributed by atoms with Crippen LogP contribution in [0.4, 0.5) is 5.82 Å². The Labute approximate surface area is 113 Å². The zero-order chi connectivity index (χ0) is 14.3. The van der Waals surface area contributed by atoms with E-state index in [2.05, 4.69) is 15.4 Å². The van der Waals surface area contributed by atoms with Crippen LogP contribution in [0.5, 0.6) is 5.88 Å². The summed E-state index contributed by atoms with van der Waals surface area (Å²) in [6, 6.07) is 1.64. The third-order valence-corrected chi connectivity index (χ3v) is 2.68. The molecule has 0 saturated heterocycles. The number of hydrogen-bond donors (Lipinski definition) is 2. The summed E-state index contributed by atoms with van der Waals surface area (Å²) in [5, 5.41) is 0. The molecule has 1 aromatic heterocycles. The number of rotatable bonds is 8. The molecule has 0 aliphatic rings. The van der Waals surface area contributed by atoms with Crippen molar-refractivity contribution in [3.63, 3.8) is 0 Å². The van der Waals surface area contributed by atoms with E-state index in [1.54, 1.807) is 20.3 Å². The molecular weight excluding hydrogens is 248 g/mol. The Hall–Kier alpha value is -1.44. The molecule has 0 bridgehead atoms. The van der Waals surface area contributed by atoms with Crippen molar-refractivity contribution in [2.24, 2.45) is 5.84 Å². The van der Waals surface area contributed by atoms with Crippen LogP contribution in [0.15, 0.2) is 6.07 Å². The van der Waals surface area contributed by atoms with Crippen LogP contribution in [0.25, 0.3) is 0 Å². The Bertz CT molecular complexity index is 399. The number of anilines is 1. The van der Waals surface area contributed by atoms with Gasteiger partial charge >= 0.3 is 0 Å². The first-order chi connectivity index (χ1) is 9.00. The number of ether oxygens (including phenoxy) is 3. The van der Waals surface area contributed by atoms with Crippen molar-refractivity contribution >= 4 is 5.82 Å². The zero-order valence-corrected chi connectivity index (χ0v) is 11.9. The van der Waals surface area contributed by atoms with Gasteiger partial charge in [0.1, 0.15) is 12.4 Å². The van der Waals surface area contributed by atoms with Crippen molar-refractivity contribution in [3.8, 4) is 5.88 Å². The van der Waals surface area contributed by atoms with E-state index in [4.69, 9.17) is 20.1 Å². The molecular formula is C12H22N4O3. The summed E-state index contributed by atoms with van der Waals surface area (Å²) < 4.78 is 15.9. The molecule has 0 atom stereocenters. The summed E-state index contributed by atoms with van der Waals surface area (Å²) in [6.07, 6.45) is 0.749. The molecule has 3 N–H and O–H groups in total. The molecule has 0 aliphatic carbocycles. The highest BCUT2D eigenvalue weighted by atomic mass is 16.5. The molecule has 19 heavy (non-hydrogen) atoms. The van der Waals surface area contributed by atoms with Gasteiger partial charge in [-0.15, -0.1) is 0 Å². The van der Waals surface area contributed by atoms with Crippen LogP contribution >= 0.6 is 0 Å². The monoisotopic (exact) mass is 270 g/mol. The van der Waals surface area contributed by atoms with Crippen LogP contribution in [0.2, 0.25) is 0 Å². The van der Waals surface area contributed by atoms with E-state index in [-0.39, 0.29) is 5.60 Å². The number of methoxy groups -OCH3 is 2. The van der Waals surface area contributed by atoms with Crippen molar-refractivity contribution in [1.29, 1.82) is 0 Å². The Morgan fingerprint density at radius 3 is 2.63 bits per heavy atom. The average Bonchev–Trinajstić information content (AvgIpc) is 2.38. The highest BCUT2D eigenvalue weighted by Gasteiger charge is 2.16. The summed E-state index contributed by atoms with van der Waals surface area (Å²) in [7, 11) is 3.26. The second kappa shape index (κ2) is 7.22. The minimum absolute atomic E-state index is 0.225. The number of nitrogens with two attached hydrogens (primary N) is 1. The topological polar surface area (TPSA) is 91.5 Å². The van der Waals surface area contributed by atoms with Crippen molar-refractivity contribution < 1.29 is 14.2 Å². The minimum atomic E-state index is -0.225. The van der Waals surface area contributed by atoms with Gasteiger partial charge in [0.25, 0.3) is 0 Å². The third kappa shape index (κ3) is 5.37. The molecule has 1 heterocycles. The summed E-state index contributed by atoms with van der Waals surface area (Å²) in [6.45, 7) is 4.79. The van der Waals surface area contributed by atoms with E-state index in [9.17, 15) is 0 Å². The Kier molecular flexibility index (Phi) is 5.94. The fraction of sp³-hybridized carbons (Fsp3) is 0.667. The molecule has 1 rings (SSSR count). The molecule has 1 aromatic rings. The van der Waals surface area contributed by atoms with E-state index < -0.39 is 0 Å². The minimum Gasteiger partial charge on any atom is -0.477 e. The number of nitrogen functional groups attached to an aromatic ring is 1. The lowest BCUT2D eigenvalue weighted by Crippen LogP contribution is -2.25. The maximum absolute atomic E-state index is 5.59. The molecule has 0 amide bonds. The van der Waals surface area contributed by atoms with E-state index in [0.717, 1.165) is 6.42 Å². The average molecular weight is 270 g/mol. The maximum Gasteiger partial charge on any atom is 0.218 e. The number of hydrazine groups is 1. The van der Waals surface area contributed by atoms with Crippen molar-refractivity contribution in [2.75, 3.05) is 26.3 Å². The lowest BCUT2D eigenvalue weighted by atomic mass is 10.1. The van der Waals surface area contributed by atoms with Crippen LogP contribution in [-0.4, -0.2) is 36.4 Å². The van der Waals surface area contributed by atoms with Gasteiger partial charge in [-0.1, -0.05) is 0 Å². The molecule has 0 aromatic carbocycles. The molecule has 7 nitrogen and oxygen atoms in total. The zero-order valence-electron chi connectivity index (χ0n) is 11.9. The summed E-state index contributed by atoms with van der Waals surface area (Å²) >= 11 is 0. The summed E-state index contributed by atoms with van der Waals surface area (Å²) in [5.41, 5.74) is 2.25. The molecule has 0 radical (unpaired) electrons. The standard InChI is InChI=1S/C12H22N4O3/c1-12(2,18-4)5-6-19-11-7-9(16-13)14-10(15-11)8-17-3/h7H,5-6,8,13H2,1-4H3,(H,14,15,16). The SMILES string of the molecule is COCc1nc(NN)cc(OCCC(C)(C)OC)n1. The van der Waals surface area contributed by atoms with Crippen LogP contribution in [0.1, 0.15) is 26.1 Å². The van der Waals surface area contributed by atoms with E-state index in [0.29, 0.717) is 30.7 Å². The molecule has 0 aliphatic heterocycles. The molecule has 0 unspecified atom stereocenters. The number of nitrogens with one attached hydrogen (secondary N) is 1.